The second kappa shape index (κ2) is 7.13. The summed E-state index contributed by atoms with van der Waals surface area (Å²) in [6.45, 7) is 3.28. The van der Waals surface area contributed by atoms with Gasteiger partial charge in [-0.1, -0.05) is 0 Å². The van der Waals surface area contributed by atoms with Gasteiger partial charge in [0.15, 0.2) is 5.78 Å². The van der Waals surface area contributed by atoms with Crippen LogP contribution in [0.25, 0.3) is 0 Å². The van der Waals surface area contributed by atoms with Crippen molar-refractivity contribution in [1.29, 1.82) is 0 Å². The number of likely N-dealkylation sites (tertiary alicyclic amines) is 1. The van der Waals surface area contributed by atoms with Crippen molar-refractivity contribution in [3.63, 3.8) is 0 Å². The molecular weight excluding hydrogens is 292 g/mol. The molecule has 0 aliphatic carbocycles. The normalized spacial score (nSPS) is 19.0. The van der Waals surface area contributed by atoms with Crippen molar-refractivity contribution in [3.05, 3.63) is 29.3 Å². The van der Waals surface area contributed by atoms with E-state index in [1.165, 1.54) is 5.56 Å². The number of anilines is 1. The van der Waals surface area contributed by atoms with Crippen LogP contribution in [0.4, 0.5) is 5.69 Å². The average molecular weight is 316 g/mol. The van der Waals surface area contributed by atoms with Gasteiger partial charge in [-0.2, -0.15) is 0 Å². The van der Waals surface area contributed by atoms with E-state index in [4.69, 9.17) is 5.11 Å². The number of ketones is 1. The average Bonchev–Trinajstić information content (AvgIpc) is 2.59. The molecule has 124 valence electrons. The van der Waals surface area contributed by atoms with Crippen LogP contribution < -0.4 is 5.32 Å². The van der Waals surface area contributed by atoms with Crippen LogP contribution in [-0.2, 0) is 11.2 Å². The van der Waals surface area contributed by atoms with Gasteiger partial charge in [0.25, 0.3) is 0 Å². The molecule has 5 heteroatoms. The first kappa shape index (κ1) is 16.0. The van der Waals surface area contributed by atoms with Gasteiger partial charge in [-0.15, -0.1) is 0 Å². The number of rotatable bonds is 5. The molecule has 0 amide bonds. The number of carbonyl (C=O) groups excluding carboxylic acids is 1. The summed E-state index contributed by atoms with van der Waals surface area (Å²) in [6.07, 6.45) is 4.03. The Morgan fingerprint density at radius 2 is 2.04 bits per heavy atom. The molecule has 23 heavy (non-hydrogen) atoms. The fraction of sp³-hybridized carbons (Fsp3) is 0.556. The SMILES string of the molecule is O=C(CCN1CCC(C(=O)O)CC1)c1ccc2c(c1)CCCN2. The van der Waals surface area contributed by atoms with Crippen LogP contribution in [0.3, 0.4) is 0 Å². The summed E-state index contributed by atoms with van der Waals surface area (Å²) in [5.41, 5.74) is 3.20. The number of benzene rings is 1. The van der Waals surface area contributed by atoms with Gasteiger partial charge in [0, 0.05) is 30.8 Å². The zero-order valence-electron chi connectivity index (χ0n) is 13.4. The van der Waals surface area contributed by atoms with Gasteiger partial charge in [-0.25, -0.2) is 0 Å². The maximum atomic E-state index is 12.4. The maximum Gasteiger partial charge on any atom is 0.306 e. The maximum absolute atomic E-state index is 12.4. The van der Waals surface area contributed by atoms with Gasteiger partial charge in [-0.05, 0) is 62.5 Å². The largest absolute Gasteiger partial charge is 0.481 e. The van der Waals surface area contributed by atoms with E-state index >= 15 is 0 Å². The molecule has 0 bridgehead atoms. The fourth-order valence-electron chi connectivity index (χ4n) is 3.46. The number of nitrogens with zero attached hydrogens (tertiary/aromatic N) is 1. The van der Waals surface area contributed by atoms with Crippen molar-refractivity contribution in [2.45, 2.75) is 32.1 Å². The summed E-state index contributed by atoms with van der Waals surface area (Å²) in [7, 11) is 0. The summed E-state index contributed by atoms with van der Waals surface area (Å²) in [5.74, 6) is -0.725. The van der Waals surface area contributed by atoms with Crippen LogP contribution in [0.1, 0.15) is 41.6 Å². The summed E-state index contributed by atoms with van der Waals surface area (Å²) >= 11 is 0. The molecule has 2 heterocycles. The third kappa shape index (κ3) is 3.91. The Balaban J connectivity index is 1.51. The first-order valence-corrected chi connectivity index (χ1v) is 8.48. The molecule has 0 radical (unpaired) electrons. The zero-order chi connectivity index (χ0) is 16.2. The van der Waals surface area contributed by atoms with E-state index in [1.54, 1.807) is 0 Å². The second-order valence-electron chi connectivity index (χ2n) is 6.53. The lowest BCUT2D eigenvalue weighted by atomic mass is 9.96. The quantitative estimate of drug-likeness (QED) is 0.817. The van der Waals surface area contributed by atoms with Crippen LogP contribution >= 0.6 is 0 Å². The molecule has 2 aliphatic rings. The lowest BCUT2D eigenvalue weighted by Gasteiger charge is -2.29. The van der Waals surface area contributed by atoms with Crippen molar-refractivity contribution in [1.82, 2.24) is 4.90 Å². The smallest absolute Gasteiger partial charge is 0.306 e. The Bertz CT molecular complexity index is 592. The van der Waals surface area contributed by atoms with Gasteiger partial charge in [0.2, 0.25) is 0 Å². The lowest BCUT2D eigenvalue weighted by Crippen LogP contribution is -2.37. The van der Waals surface area contributed by atoms with Crippen molar-refractivity contribution >= 4 is 17.4 Å². The first-order valence-electron chi connectivity index (χ1n) is 8.48. The summed E-state index contributed by atoms with van der Waals surface area (Å²) in [4.78, 5) is 25.6. The van der Waals surface area contributed by atoms with Crippen molar-refractivity contribution in [2.24, 2.45) is 5.92 Å². The molecule has 0 atom stereocenters. The van der Waals surface area contributed by atoms with E-state index in [-0.39, 0.29) is 11.7 Å². The summed E-state index contributed by atoms with van der Waals surface area (Å²) in [6, 6.07) is 5.96. The zero-order valence-corrected chi connectivity index (χ0v) is 13.4. The highest BCUT2D eigenvalue weighted by molar-refractivity contribution is 5.96. The number of aryl methyl sites for hydroxylation is 1. The Labute approximate surface area is 136 Å². The molecule has 1 aromatic rings. The molecule has 0 aromatic heterocycles. The minimum absolute atomic E-state index is 0.179. The number of Topliss-reactive ketones (excluding diaryl/α,β-unsaturated/α-hetero) is 1. The third-order valence-corrected chi connectivity index (χ3v) is 4.96. The Morgan fingerprint density at radius 1 is 1.26 bits per heavy atom. The number of carbonyl (C=O) groups is 2. The third-order valence-electron chi connectivity index (χ3n) is 4.96. The van der Waals surface area contributed by atoms with Crippen LogP contribution in [-0.4, -0.2) is 47.9 Å². The van der Waals surface area contributed by atoms with Crippen LogP contribution in [0, 0.1) is 5.92 Å². The number of nitrogens with one attached hydrogen (secondary N) is 1. The summed E-state index contributed by atoms with van der Waals surface area (Å²) in [5, 5.41) is 12.4. The monoisotopic (exact) mass is 316 g/mol. The van der Waals surface area contributed by atoms with Crippen LogP contribution in [0.2, 0.25) is 0 Å². The predicted octanol–water partition coefficient (Wildman–Crippen LogP) is 2.41. The molecule has 0 saturated carbocycles. The van der Waals surface area contributed by atoms with Crippen molar-refractivity contribution in [2.75, 3.05) is 31.5 Å². The van der Waals surface area contributed by atoms with E-state index in [2.05, 4.69) is 10.2 Å². The number of carboxylic acids is 1. The van der Waals surface area contributed by atoms with Gasteiger partial charge in [0.05, 0.1) is 5.92 Å². The number of piperidine rings is 1. The standard InChI is InChI=1S/C18H24N2O3/c21-17(7-11-20-9-5-13(6-10-20)18(22)23)15-3-4-16-14(12-15)2-1-8-19-16/h3-4,12-13,19H,1-2,5-11H2,(H,22,23). The molecule has 1 fully saturated rings. The topological polar surface area (TPSA) is 69.6 Å². The summed E-state index contributed by atoms with van der Waals surface area (Å²) < 4.78 is 0. The number of hydrogen-bond acceptors (Lipinski definition) is 4. The minimum Gasteiger partial charge on any atom is -0.481 e. The van der Waals surface area contributed by atoms with E-state index < -0.39 is 5.97 Å². The molecule has 1 aromatic carbocycles. The number of hydrogen-bond donors (Lipinski definition) is 2. The van der Waals surface area contributed by atoms with Gasteiger partial charge in [0.1, 0.15) is 0 Å². The molecule has 0 spiro atoms. The lowest BCUT2D eigenvalue weighted by molar-refractivity contribution is -0.143. The highest BCUT2D eigenvalue weighted by atomic mass is 16.4. The molecule has 3 rings (SSSR count). The van der Waals surface area contributed by atoms with Gasteiger partial charge < -0.3 is 15.3 Å². The van der Waals surface area contributed by atoms with Crippen LogP contribution in [0.15, 0.2) is 18.2 Å². The molecular formula is C18H24N2O3. The van der Waals surface area contributed by atoms with E-state index in [9.17, 15) is 9.59 Å². The van der Waals surface area contributed by atoms with Gasteiger partial charge in [-0.3, -0.25) is 9.59 Å². The van der Waals surface area contributed by atoms with Crippen molar-refractivity contribution in [3.8, 4) is 0 Å². The molecule has 2 N–H and O–H groups in total. The highest BCUT2D eigenvalue weighted by Crippen LogP contribution is 2.24. The van der Waals surface area contributed by atoms with E-state index in [0.717, 1.165) is 50.3 Å². The van der Waals surface area contributed by atoms with Crippen molar-refractivity contribution < 1.29 is 14.7 Å². The predicted molar refractivity (Wildman–Crippen MR) is 89.0 cm³/mol. The van der Waals surface area contributed by atoms with E-state index in [1.807, 2.05) is 18.2 Å². The number of aliphatic carboxylic acids is 1. The second-order valence-corrected chi connectivity index (χ2v) is 6.53. The Hall–Kier alpha value is -1.88. The highest BCUT2D eigenvalue weighted by Gasteiger charge is 2.24. The van der Waals surface area contributed by atoms with Gasteiger partial charge >= 0.3 is 5.97 Å². The molecule has 1 saturated heterocycles. The Kier molecular flexibility index (Phi) is 4.96. The molecule has 2 aliphatic heterocycles. The first-order chi connectivity index (χ1) is 11.1. The number of fused-ring (bicyclic) bond motifs is 1. The van der Waals surface area contributed by atoms with E-state index in [0.29, 0.717) is 19.3 Å². The molecule has 5 nitrogen and oxygen atoms in total. The molecule has 0 unspecified atom stereocenters. The minimum atomic E-state index is -0.691. The van der Waals surface area contributed by atoms with Crippen LogP contribution in [0.5, 0.6) is 0 Å². The fourth-order valence-corrected chi connectivity index (χ4v) is 3.46. The Morgan fingerprint density at radius 3 is 2.78 bits per heavy atom. The number of carboxylic acid groups (broad SMARTS) is 1.